The van der Waals surface area contributed by atoms with Crippen molar-refractivity contribution < 1.29 is 0 Å². The SMILES string of the molecule is CCc1cccc(N(CC)C(=N)N(c2cccc3ccccc23)C(C)C)c1. The predicted octanol–water partition coefficient (Wildman–Crippen LogP) is 6.08. The minimum Gasteiger partial charge on any atom is -0.313 e. The van der Waals surface area contributed by atoms with Crippen LogP contribution < -0.4 is 9.80 Å². The maximum atomic E-state index is 9.06. The molecule has 0 amide bonds. The zero-order valence-electron chi connectivity index (χ0n) is 16.7. The van der Waals surface area contributed by atoms with Gasteiger partial charge in [-0.05, 0) is 56.3 Å². The number of rotatable bonds is 5. The van der Waals surface area contributed by atoms with E-state index in [1.54, 1.807) is 0 Å². The summed E-state index contributed by atoms with van der Waals surface area (Å²) in [6.07, 6.45) is 0.996. The van der Waals surface area contributed by atoms with Crippen molar-refractivity contribution in [1.29, 1.82) is 5.41 Å². The summed E-state index contributed by atoms with van der Waals surface area (Å²) >= 11 is 0. The van der Waals surface area contributed by atoms with E-state index in [-0.39, 0.29) is 6.04 Å². The van der Waals surface area contributed by atoms with Gasteiger partial charge >= 0.3 is 0 Å². The molecule has 140 valence electrons. The smallest absolute Gasteiger partial charge is 0.203 e. The predicted molar refractivity (Wildman–Crippen MR) is 118 cm³/mol. The van der Waals surface area contributed by atoms with Gasteiger partial charge in [0.15, 0.2) is 0 Å². The Morgan fingerprint density at radius 2 is 1.63 bits per heavy atom. The van der Waals surface area contributed by atoms with E-state index in [9.17, 15) is 0 Å². The molecule has 0 radical (unpaired) electrons. The molecule has 0 heterocycles. The summed E-state index contributed by atoms with van der Waals surface area (Å²) in [5, 5.41) is 11.4. The van der Waals surface area contributed by atoms with Gasteiger partial charge in [0.2, 0.25) is 5.96 Å². The van der Waals surface area contributed by atoms with Gasteiger partial charge in [-0.15, -0.1) is 0 Å². The second kappa shape index (κ2) is 8.26. The van der Waals surface area contributed by atoms with Crippen molar-refractivity contribution in [3.05, 3.63) is 72.3 Å². The van der Waals surface area contributed by atoms with Gasteiger partial charge in [0.1, 0.15) is 0 Å². The molecular formula is C24H29N3. The van der Waals surface area contributed by atoms with E-state index in [1.807, 2.05) is 0 Å². The molecule has 0 unspecified atom stereocenters. The van der Waals surface area contributed by atoms with Crippen molar-refractivity contribution >= 4 is 28.1 Å². The van der Waals surface area contributed by atoms with E-state index in [0.29, 0.717) is 5.96 Å². The normalized spacial score (nSPS) is 11.0. The summed E-state index contributed by atoms with van der Waals surface area (Å²) < 4.78 is 0. The van der Waals surface area contributed by atoms with E-state index < -0.39 is 0 Å². The second-order valence-corrected chi connectivity index (χ2v) is 7.05. The third kappa shape index (κ3) is 3.82. The van der Waals surface area contributed by atoms with E-state index >= 15 is 0 Å². The van der Waals surface area contributed by atoms with Crippen LogP contribution in [0.25, 0.3) is 10.8 Å². The number of fused-ring (bicyclic) bond motifs is 1. The molecule has 0 aliphatic carbocycles. The Labute approximate surface area is 162 Å². The van der Waals surface area contributed by atoms with Gasteiger partial charge in [-0.25, -0.2) is 0 Å². The van der Waals surface area contributed by atoms with Gasteiger partial charge in [-0.3, -0.25) is 5.41 Å². The molecule has 1 N–H and O–H groups in total. The molecule has 0 bridgehead atoms. The quantitative estimate of drug-likeness (QED) is 0.442. The van der Waals surface area contributed by atoms with Crippen molar-refractivity contribution in [3.63, 3.8) is 0 Å². The summed E-state index contributed by atoms with van der Waals surface area (Å²) in [6.45, 7) is 9.31. The molecule has 3 rings (SSSR count). The number of hydrogen-bond acceptors (Lipinski definition) is 1. The van der Waals surface area contributed by atoms with Gasteiger partial charge < -0.3 is 9.80 Å². The zero-order chi connectivity index (χ0) is 19.4. The fourth-order valence-electron chi connectivity index (χ4n) is 3.58. The highest BCUT2D eigenvalue weighted by molar-refractivity contribution is 6.10. The highest BCUT2D eigenvalue weighted by atomic mass is 15.4. The highest BCUT2D eigenvalue weighted by Crippen LogP contribution is 2.30. The van der Waals surface area contributed by atoms with Gasteiger partial charge in [0, 0.05) is 23.7 Å². The largest absolute Gasteiger partial charge is 0.313 e. The van der Waals surface area contributed by atoms with Crippen LogP contribution in [0.2, 0.25) is 0 Å². The van der Waals surface area contributed by atoms with Gasteiger partial charge in [-0.2, -0.15) is 0 Å². The van der Waals surface area contributed by atoms with Crippen LogP contribution >= 0.6 is 0 Å². The lowest BCUT2D eigenvalue weighted by Gasteiger charge is -2.36. The van der Waals surface area contributed by atoms with Crippen molar-refractivity contribution in [3.8, 4) is 0 Å². The topological polar surface area (TPSA) is 30.3 Å². The summed E-state index contributed by atoms with van der Waals surface area (Å²) in [7, 11) is 0. The van der Waals surface area contributed by atoms with Gasteiger partial charge in [0.05, 0.1) is 5.69 Å². The number of guanidine groups is 1. The fourth-order valence-corrected chi connectivity index (χ4v) is 3.58. The highest BCUT2D eigenvalue weighted by Gasteiger charge is 2.23. The summed E-state index contributed by atoms with van der Waals surface area (Å²) in [4.78, 5) is 4.21. The van der Waals surface area contributed by atoms with Crippen LogP contribution in [0, 0.1) is 5.41 Å². The first kappa shape index (κ1) is 19.0. The molecule has 0 aliphatic rings. The van der Waals surface area contributed by atoms with Crippen molar-refractivity contribution in [1.82, 2.24) is 0 Å². The lowest BCUT2D eigenvalue weighted by Crippen LogP contribution is -2.47. The molecule has 3 aromatic rings. The average molecular weight is 360 g/mol. The molecule has 3 heteroatoms. The molecule has 0 aliphatic heterocycles. The number of anilines is 2. The van der Waals surface area contributed by atoms with E-state index in [2.05, 4.69) is 104 Å². The van der Waals surface area contributed by atoms with Crippen molar-refractivity contribution in [2.75, 3.05) is 16.3 Å². The molecule has 0 saturated carbocycles. The number of aryl methyl sites for hydroxylation is 1. The molecule has 0 aromatic heterocycles. The third-order valence-corrected chi connectivity index (χ3v) is 4.97. The standard InChI is InChI=1S/C24H29N3/c1-5-19-11-9-14-21(17-19)26(6-2)24(25)27(18(3)4)23-16-10-13-20-12-7-8-15-22(20)23/h7-18,25H,5-6H2,1-4H3. The molecule has 27 heavy (non-hydrogen) atoms. The number of hydrogen-bond donors (Lipinski definition) is 1. The Hall–Kier alpha value is -2.81. The summed E-state index contributed by atoms with van der Waals surface area (Å²) in [5.41, 5.74) is 3.45. The first-order chi connectivity index (χ1) is 13.1. The Kier molecular flexibility index (Phi) is 5.80. The van der Waals surface area contributed by atoms with Crippen molar-refractivity contribution in [2.24, 2.45) is 0 Å². The van der Waals surface area contributed by atoms with Crippen LogP contribution in [-0.4, -0.2) is 18.5 Å². The summed E-state index contributed by atoms with van der Waals surface area (Å²) in [6, 6.07) is 23.4. The first-order valence-electron chi connectivity index (χ1n) is 9.78. The molecule has 0 fully saturated rings. The lowest BCUT2D eigenvalue weighted by atomic mass is 10.1. The molecule has 0 atom stereocenters. The molecular weight excluding hydrogens is 330 g/mol. The number of nitrogens with zero attached hydrogens (tertiary/aromatic N) is 2. The molecule has 0 spiro atoms. The Morgan fingerprint density at radius 1 is 0.926 bits per heavy atom. The van der Waals surface area contributed by atoms with Crippen LogP contribution in [0.5, 0.6) is 0 Å². The Bertz CT molecular complexity index is 924. The van der Waals surface area contributed by atoms with E-state index in [0.717, 1.165) is 24.3 Å². The van der Waals surface area contributed by atoms with Crippen LogP contribution in [0.15, 0.2) is 66.7 Å². The van der Waals surface area contributed by atoms with Crippen LogP contribution in [0.1, 0.15) is 33.3 Å². The Morgan fingerprint density at radius 3 is 2.33 bits per heavy atom. The van der Waals surface area contributed by atoms with E-state index in [4.69, 9.17) is 5.41 Å². The van der Waals surface area contributed by atoms with Crippen LogP contribution in [0.3, 0.4) is 0 Å². The van der Waals surface area contributed by atoms with Crippen LogP contribution in [-0.2, 0) is 6.42 Å². The average Bonchev–Trinajstić information content (AvgIpc) is 2.69. The monoisotopic (exact) mass is 359 g/mol. The van der Waals surface area contributed by atoms with Gasteiger partial charge in [0.25, 0.3) is 0 Å². The first-order valence-corrected chi connectivity index (χ1v) is 9.78. The second-order valence-electron chi connectivity index (χ2n) is 7.05. The molecule has 3 aromatic carbocycles. The van der Waals surface area contributed by atoms with Crippen LogP contribution in [0.4, 0.5) is 11.4 Å². The fraction of sp³-hybridized carbons (Fsp3) is 0.292. The zero-order valence-corrected chi connectivity index (χ0v) is 16.7. The minimum absolute atomic E-state index is 0.173. The summed E-state index contributed by atoms with van der Waals surface area (Å²) in [5.74, 6) is 0.511. The van der Waals surface area contributed by atoms with Gasteiger partial charge in [-0.1, -0.05) is 55.5 Å². The van der Waals surface area contributed by atoms with E-state index in [1.165, 1.54) is 16.3 Å². The molecule has 0 saturated heterocycles. The lowest BCUT2D eigenvalue weighted by molar-refractivity contribution is 0.790. The van der Waals surface area contributed by atoms with Crippen molar-refractivity contribution in [2.45, 2.75) is 40.2 Å². The number of nitrogens with one attached hydrogen (secondary N) is 1. The third-order valence-electron chi connectivity index (χ3n) is 4.97. The maximum absolute atomic E-state index is 9.06. The Balaban J connectivity index is 2.06. The maximum Gasteiger partial charge on any atom is 0.203 e. The number of benzene rings is 3. The molecule has 3 nitrogen and oxygen atoms in total. The minimum atomic E-state index is 0.173.